The molecule has 1 aromatic carbocycles. The molecule has 3 rings (SSSR count). The van der Waals surface area contributed by atoms with Crippen LogP contribution in [0.15, 0.2) is 35.2 Å². The average molecular weight is 423 g/mol. The third-order valence-corrected chi connectivity index (χ3v) is 8.43. The second-order valence-corrected chi connectivity index (χ2v) is 11.6. The maximum Gasteiger partial charge on any atom is 0.190 e. The topological polar surface area (TPSA) is 77.7 Å². The van der Waals surface area contributed by atoms with Crippen LogP contribution >= 0.6 is 11.3 Å². The normalized spacial score (nSPS) is 13.1. The van der Waals surface area contributed by atoms with Crippen molar-refractivity contribution in [3.05, 3.63) is 46.9 Å². The number of halogens is 1. The summed E-state index contributed by atoms with van der Waals surface area (Å²) < 4.78 is 39.8. The van der Waals surface area contributed by atoms with Crippen molar-refractivity contribution in [1.29, 1.82) is 0 Å². The highest BCUT2D eigenvalue weighted by Crippen LogP contribution is 2.39. The van der Waals surface area contributed by atoms with Gasteiger partial charge in [-0.05, 0) is 44.2 Å². The molecule has 0 atom stereocenters. The summed E-state index contributed by atoms with van der Waals surface area (Å²) in [5.74, 6) is -0.485. The first kappa shape index (κ1) is 20.6. The quantitative estimate of drug-likeness (QED) is 0.592. The summed E-state index contributed by atoms with van der Waals surface area (Å²) in [5.41, 5.74) is 1.58. The van der Waals surface area contributed by atoms with Gasteiger partial charge in [-0.2, -0.15) is 5.10 Å². The number of aryl methyl sites for hydroxylation is 1. The molecule has 2 aromatic heterocycles. The van der Waals surface area contributed by atoms with Gasteiger partial charge >= 0.3 is 0 Å². The van der Waals surface area contributed by atoms with Gasteiger partial charge in [0.2, 0.25) is 0 Å². The van der Waals surface area contributed by atoms with Crippen LogP contribution in [-0.2, 0) is 27.0 Å². The molecule has 0 N–H and O–H groups in total. The second-order valence-electron chi connectivity index (χ2n) is 8.17. The van der Waals surface area contributed by atoms with Gasteiger partial charge in [-0.25, -0.2) is 12.8 Å². The van der Waals surface area contributed by atoms with Crippen LogP contribution in [0.1, 0.15) is 45.3 Å². The molecule has 0 radical (unpaired) electrons. The Labute approximate surface area is 168 Å². The van der Waals surface area contributed by atoms with Crippen LogP contribution in [0, 0.1) is 5.82 Å². The third-order valence-electron chi connectivity index (χ3n) is 4.60. The molecule has 6 nitrogen and oxygen atoms in total. The molecule has 0 unspecified atom stereocenters. The lowest BCUT2D eigenvalue weighted by atomic mass is 9.92. The summed E-state index contributed by atoms with van der Waals surface area (Å²) in [6, 6.07) is 6.76. The van der Waals surface area contributed by atoms with Gasteiger partial charge in [0.05, 0.1) is 16.3 Å². The highest BCUT2D eigenvalue weighted by Gasteiger charge is 2.41. The Morgan fingerprint density at radius 1 is 1.04 bits per heavy atom. The van der Waals surface area contributed by atoms with E-state index < -0.39 is 20.4 Å². The molecule has 0 saturated heterocycles. The zero-order chi connectivity index (χ0) is 20.9. The Balaban J connectivity index is 2.01. The summed E-state index contributed by atoms with van der Waals surface area (Å²) in [6.45, 7) is 9.38. The van der Waals surface area contributed by atoms with E-state index in [4.69, 9.17) is 0 Å². The standard InChI is InChI=1S/C19H23FN4O2S2/c1-18(2,3)15-11-14(24(6)23-15)16-21-22-17(27-16)19(4,5)28(25,26)13-9-7-12(20)8-10-13/h7-11H,1-6H3. The minimum absolute atomic E-state index is 0.0474. The Hall–Kier alpha value is -2.13. The van der Waals surface area contributed by atoms with E-state index in [2.05, 4.69) is 36.1 Å². The fourth-order valence-electron chi connectivity index (χ4n) is 2.63. The summed E-state index contributed by atoms with van der Waals surface area (Å²) in [6.07, 6.45) is 0. The zero-order valence-corrected chi connectivity index (χ0v) is 18.3. The van der Waals surface area contributed by atoms with Gasteiger partial charge < -0.3 is 0 Å². The maximum absolute atomic E-state index is 13.2. The lowest BCUT2D eigenvalue weighted by molar-refractivity contribution is 0.552. The number of hydrogen-bond donors (Lipinski definition) is 0. The lowest BCUT2D eigenvalue weighted by Gasteiger charge is -2.21. The van der Waals surface area contributed by atoms with Crippen molar-refractivity contribution in [2.24, 2.45) is 7.05 Å². The molecule has 0 bridgehead atoms. The van der Waals surface area contributed by atoms with Gasteiger partial charge in [0.15, 0.2) is 14.8 Å². The van der Waals surface area contributed by atoms with Crippen LogP contribution in [0.25, 0.3) is 10.7 Å². The maximum atomic E-state index is 13.2. The Bertz CT molecular complexity index is 1110. The molecule has 3 aromatic rings. The SMILES string of the molecule is Cn1nc(C(C)(C)C)cc1-c1nnc(C(C)(C)S(=O)(=O)c2ccc(F)cc2)s1. The first-order valence-corrected chi connectivity index (χ1v) is 11.0. The van der Waals surface area contributed by atoms with Gasteiger partial charge in [0, 0.05) is 12.5 Å². The van der Waals surface area contributed by atoms with Crippen LogP contribution in [0.2, 0.25) is 0 Å². The first-order valence-electron chi connectivity index (χ1n) is 8.73. The van der Waals surface area contributed by atoms with Gasteiger partial charge in [-0.15, -0.1) is 10.2 Å². The van der Waals surface area contributed by atoms with Crippen LogP contribution in [-0.4, -0.2) is 28.4 Å². The van der Waals surface area contributed by atoms with Crippen LogP contribution in [0.5, 0.6) is 0 Å². The van der Waals surface area contributed by atoms with Crippen LogP contribution in [0.4, 0.5) is 4.39 Å². The first-order chi connectivity index (χ1) is 12.8. The molecule has 150 valence electrons. The number of nitrogens with zero attached hydrogens (tertiary/aromatic N) is 4. The second kappa shape index (κ2) is 6.73. The highest BCUT2D eigenvalue weighted by molar-refractivity contribution is 7.92. The molecule has 28 heavy (non-hydrogen) atoms. The van der Waals surface area contributed by atoms with Crippen molar-refractivity contribution in [3.8, 4) is 10.7 Å². The minimum atomic E-state index is -3.79. The number of hydrogen-bond acceptors (Lipinski definition) is 6. The molecule has 0 amide bonds. The molecular formula is C19H23FN4O2S2. The number of aromatic nitrogens is 4. The summed E-state index contributed by atoms with van der Waals surface area (Å²) >= 11 is 1.22. The van der Waals surface area contributed by atoms with E-state index in [1.54, 1.807) is 18.5 Å². The highest BCUT2D eigenvalue weighted by atomic mass is 32.2. The molecule has 0 spiro atoms. The smallest absolute Gasteiger partial charge is 0.190 e. The van der Waals surface area contributed by atoms with Gasteiger partial charge in [-0.1, -0.05) is 32.1 Å². The lowest BCUT2D eigenvalue weighted by Crippen LogP contribution is -2.29. The molecule has 0 aliphatic carbocycles. The molecule has 9 heteroatoms. The Morgan fingerprint density at radius 3 is 2.18 bits per heavy atom. The molecule has 0 aliphatic rings. The van der Waals surface area contributed by atoms with E-state index in [-0.39, 0.29) is 10.3 Å². The van der Waals surface area contributed by atoms with E-state index in [1.807, 2.05) is 13.1 Å². The van der Waals surface area contributed by atoms with Crippen LogP contribution in [0.3, 0.4) is 0 Å². The van der Waals surface area contributed by atoms with Crippen molar-refractivity contribution in [2.75, 3.05) is 0 Å². The fourth-order valence-corrected chi connectivity index (χ4v) is 5.32. The zero-order valence-electron chi connectivity index (χ0n) is 16.7. The Kier molecular flexibility index (Phi) is 4.95. The van der Waals surface area contributed by atoms with Crippen molar-refractivity contribution in [1.82, 2.24) is 20.0 Å². The summed E-state index contributed by atoms with van der Waals surface area (Å²) in [7, 11) is -1.96. The number of sulfone groups is 1. The molecular weight excluding hydrogens is 399 g/mol. The van der Waals surface area contributed by atoms with Gasteiger partial charge in [-0.3, -0.25) is 4.68 Å². The number of rotatable bonds is 4. The minimum Gasteiger partial charge on any atom is -0.265 e. The van der Waals surface area contributed by atoms with E-state index >= 15 is 0 Å². The predicted octanol–water partition coefficient (Wildman–Crippen LogP) is 4.08. The summed E-state index contributed by atoms with van der Waals surface area (Å²) in [4.78, 5) is 0.0474. The van der Waals surface area contributed by atoms with E-state index in [0.29, 0.717) is 10.0 Å². The van der Waals surface area contributed by atoms with Crippen molar-refractivity contribution in [3.63, 3.8) is 0 Å². The third kappa shape index (κ3) is 3.48. The predicted molar refractivity (Wildman–Crippen MR) is 107 cm³/mol. The fraction of sp³-hybridized carbons (Fsp3) is 0.421. The van der Waals surface area contributed by atoms with Crippen molar-refractivity contribution in [2.45, 2.75) is 49.7 Å². The van der Waals surface area contributed by atoms with Crippen molar-refractivity contribution < 1.29 is 12.8 Å². The Morgan fingerprint density at radius 2 is 1.64 bits per heavy atom. The average Bonchev–Trinajstić information content (AvgIpc) is 3.21. The monoisotopic (exact) mass is 422 g/mol. The molecule has 0 saturated carbocycles. The number of benzene rings is 1. The largest absolute Gasteiger partial charge is 0.265 e. The molecule has 0 aliphatic heterocycles. The molecule has 2 heterocycles. The summed E-state index contributed by atoms with van der Waals surface area (Å²) in [5, 5.41) is 13.9. The van der Waals surface area contributed by atoms with E-state index in [9.17, 15) is 12.8 Å². The van der Waals surface area contributed by atoms with Crippen LogP contribution < -0.4 is 0 Å². The molecule has 0 fully saturated rings. The van der Waals surface area contributed by atoms with Crippen molar-refractivity contribution >= 4 is 21.2 Å². The van der Waals surface area contributed by atoms with E-state index in [0.717, 1.165) is 23.5 Å². The van der Waals surface area contributed by atoms with Gasteiger partial charge in [0.1, 0.15) is 15.6 Å². The van der Waals surface area contributed by atoms with E-state index in [1.165, 1.54) is 23.5 Å². The van der Waals surface area contributed by atoms with Gasteiger partial charge in [0.25, 0.3) is 0 Å².